The smallest absolute Gasteiger partial charge is 0.465 e. The van der Waals surface area contributed by atoms with Crippen LogP contribution in [0.3, 0.4) is 0 Å². The number of allylic oxidation sites excluding steroid dienone is 2. The Balaban J connectivity index is 1.99. The molecule has 0 unspecified atom stereocenters. The topological polar surface area (TPSA) is 44.8 Å². The predicted octanol–water partition coefficient (Wildman–Crippen LogP) is 5.46. The molecule has 1 aromatic rings. The van der Waals surface area contributed by atoms with E-state index in [9.17, 15) is 4.79 Å². The third kappa shape index (κ3) is 4.06. The first kappa shape index (κ1) is 21.1. The first-order valence-corrected chi connectivity index (χ1v) is 10.4. The Bertz CT molecular complexity index is 726. The largest absolute Gasteiger partial charge is 0.491 e. The first-order chi connectivity index (χ1) is 13.2. The van der Waals surface area contributed by atoms with Crippen LogP contribution in [-0.4, -0.2) is 31.4 Å². The monoisotopic (exact) mass is 384 g/mol. The van der Waals surface area contributed by atoms with Crippen molar-refractivity contribution in [3.8, 4) is 0 Å². The minimum atomic E-state index is -0.355. The Morgan fingerprint density at radius 2 is 1.46 bits per heavy atom. The molecule has 0 N–H and O–H groups in total. The van der Waals surface area contributed by atoms with Crippen LogP contribution in [0.5, 0.6) is 0 Å². The zero-order valence-corrected chi connectivity index (χ0v) is 18.1. The van der Waals surface area contributed by atoms with E-state index in [0.29, 0.717) is 11.5 Å². The number of hydrogen-bond donors (Lipinski definition) is 0. The lowest BCUT2D eigenvalue weighted by Crippen LogP contribution is -2.41. The molecule has 0 spiro atoms. The van der Waals surface area contributed by atoms with Gasteiger partial charge in [0.2, 0.25) is 0 Å². The molecule has 0 atom stereocenters. The predicted molar refractivity (Wildman–Crippen MR) is 113 cm³/mol. The zero-order chi connectivity index (χ0) is 20.5. The minimum Gasteiger partial charge on any atom is -0.465 e. The normalized spacial score (nSPS) is 22.7. The molecule has 152 valence electrons. The van der Waals surface area contributed by atoms with Crippen molar-refractivity contribution in [2.45, 2.75) is 77.9 Å². The third-order valence-electron chi connectivity index (χ3n) is 6.72. The van der Waals surface area contributed by atoms with Crippen molar-refractivity contribution in [3.63, 3.8) is 0 Å². The van der Waals surface area contributed by atoms with Crippen LogP contribution in [-0.2, 0) is 14.0 Å². The van der Waals surface area contributed by atoms with Gasteiger partial charge in [-0.25, -0.2) is 4.79 Å². The second-order valence-electron chi connectivity index (χ2n) is 9.07. The van der Waals surface area contributed by atoms with Crippen LogP contribution in [0, 0.1) is 5.92 Å². The van der Waals surface area contributed by atoms with Gasteiger partial charge in [-0.3, -0.25) is 0 Å². The molecule has 2 fully saturated rings. The van der Waals surface area contributed by atoms with Gasteiger partial charge in [0.25, 0.3) is 0 Å². The molecule has 0 amide bonds. The molecule has 1 heterocycles. The molecular weight excluding hydrogens is 351 g/mol. The summed E-state index contributed by atoms with van der Waals surface area (Å²) in [4.78, 5) is 11.8. The van der Waals surface area contributed by atoms with Gasteiger partial charge < -0.3 is 14.0 Å². The number of carbonyl (C=O) groups is 1. The molecule has 1 aliphatic heterocycles. The lowest BCUT2D eigenvalue weighted by atomic mass is 9.64. The summed E-state index contributed by atoms with van der Waals surface area (Å²) in [5.74, 6) is 0.162. The van der Waals surface area contributed by atoms with Crippen molar-refractivity contribution in [1.29, 1.82) is 0 Å². The van der Waals surface area contributed by atoms with Gasteiger partial charge in [-0.15, -0.1) is 0 Å². The van der Waals surface area contributed by atoms with Gasteiger partial charge in [0.15, 0.2) is 0 Å². The summed E-state index contributed by atoms with van der Waals surface area (Å²) in [5, 5.41) is 0. The Labute approximate surface area is 169 Å². The van der Waals surface area contributed by atoms with Gasteiger partial charge in [-0.2, -0.15) is 0 Å². The molecule has 0 radical (unpaired) electrons. The number of carbonyl (C=O) groups excluding carboxylic acids is 1. The van der Waals surface area contributed by atoms with Crippen LogP contribution in [0.15, 0.2) is 29.7 Å². The average molecular weight is 384 g/mol. The molecule has 5 heteroatoms. The van der Waals surface area contributed by atoms with E-state index in [0.717, 1.165) is 5.56 Å². The highest BCUT2D eigenvalue weighted by Crippen LogP contribution is 2.44. The van der Waals surface area contributed by atoms with Crippen LogP contribution in [0.2, 0.25) is 0 Å². The Morgan fingerprint density at radius 3 is 1.96 bits per heavy atom. The van der Waals surface area contributed by atoms with Crippen molar-refractivity contribution >= 4 is 18.7 Å². The Kier molecular flexibility index (Phi) is 6.07. The van der Waals surface area contributed by atoms with Crippen LogP contribution in [0.25, 0.3) is 5.57 Å². The molecule has 2 aliphatic rings. The summed E-state index contributed by atoms with van der Waals surface area (Å²) in [6.07, 6.45) is 6.17. The fourth-order valence-electron chi connectivity index (χ4n) is 4.20. The Morgan fingerprint density at radius 1 is 0.964 bits per heavy atom. The van der Waals surface area contributed by atoms with Crippen LogP contribution >= 0.6 is 0 Å². The average Bonchev–Trinajstić information content (AvgIpc) is 2.89. The molecule has 1 aliphatic carbocycles. The van der Waals surface area contributed by atoms with E-state index in [1.54, 1.807) is 0 Å². The lowest BCUT2D eigenvalue weighted by Gasteiger charge is -2.32. The van der Waals surface area contributed by atoms with Crippen molar-refractivity contribution in [2.24, 2.45) is 5.92 Å². The second-order valence-corrected chi connectivity index (χ2v) is 9.07. The number of hydrogen-bond acceptors (Lipinski definition) is 4. The van der Waals surface area contributed by atoms with Crippen molar-refractivity contribution in [3.05, 3.63) is 40.9 Å². The van der Waals surface area contributed by atoms with Gasteiger partial charge in [0.1, 0.15) is 0 Å². The third-order valence-corrected chi connectivity index (χ3v) is 6.72. The fraction of sp³-hybridized carbons (Fsp3) is 0.609. The number of benzene rings is 1. The highest BCUT2D eigenvalue weighted by molar-refractivity contribution is 6.56. The quantitative estimate of drug-likeness (QED) is 0.511. The Hall–Kier alpha value is -1.59. The molecule has 1 aromatic carbocycles. The summed E-state index contributed by atoms with van der Waals surface area (Å²) in [5.41, 5.74) is 3.42. The molecule has 3 rings (SSSR count). The number of methoxy groups -OCH3 is 1. The van der Waals surface area contributed by atoms with E-state index >= 15 is 0 Å². The van der Waals surface area contributed by atoms with E-state index in [4.69, 9.17) is 14.0 Å². The maximum Gasteiger partial charge on any atom is 0.491 e. The molecule has 1 saturated heterocycles. The summed E-state index contributed by atoms with van der Waals surface area (Å²) in [6, 6.07) is 7.64. The van der Waals surface area contributed by atoms with Crippen molar-refractivity contribution in [1.82, 2.24) is 0 Å². The van der Waals surface area contributed by atoms with E-state index in [1.165, 1.54) is 50.3 Å². The second kappa shape index (κ2) is 8.04. The molecule has 28 heavy (non-hydrogen) atoms. The molecule has 1 saturated carbocycles. The van der Waals surface area contributed by atoms with Crippen molar-refractivity contribution in [2.75, 3.05) is 7.11 Å². The van der Waals surface area contributed by atoms with Gasteiger partial charge in [-0.05, 0) is 82.1 Å². The summed E-state index contributed by atoms with van der Waals surface area (Å²) in [7, 11) is 1.08. The highest BCUT2D eigenvalue weighted by atomic mass is 16.7. The maximum atomic E-state index is 11.8. The first-order valence-electron chi connectivity index (χ1n) is 10.4. The van der Waals surface area contributed by atoms with E-state index < -0.39 is 0 Å². The minimum absolute atomic E-state index is 0.313. The van der Waals surface area contributed by atoms with E-state index in [-0.39, 0.29) is 24.3 Å². The summed E-state index contributed by atoms with van der Waals surface area (Å²) in [6.45, 7) is 10.6. The maximum absolute atomic E-state index is 11.8. The number of ether oxygens (including phenoxy) is 1. The number of rotatable bonds is 4. The van der Waals surface area contributed by atoms with Crippen molar-refractivity contribution < 1.29 is 18.8 Å². The van der Waals surface area contributed by atoms with E-state index in [2.05, 4.69) is 34.6 Å². The van der Waals surface area contributed by atoms with Gasteiger partial charge in [0, 0.05) is 0 Å². The highest BCUT2D eigenvalue weighted by Gasteiger charge is 2.53. The number of esters is 1. The summed E-state index contributed by atoms with van der Waals surface area (Å²) >= 11 is 0. The molecule has 0 aromatic heterocycles. The molecule has 0 bridgehead atoms. The van der Waals surface area contributed by atoms with Crippen LogP contribution < -0.4 is 0 Å². The van der Waals surface area contributed by atoms with Gasteiger partial charge in [0.05, 0.1) is 23.9 Å². The molecule has 4 nitrogen and oxygen atoms in total. The standard InChI is InChI=1S/C23H33BO4/c1-16(17-12-14-19(15-13-17)21(25)26-6)20(18-10-8-7-9-11-18)24-27-22(2,3)23(4,5)28-24/h12-15,18H,7-11H2,1-6H3/b20-16+. The summed E-state index contributed by atoms with van der Waals surface area (Å²) < 4.78 is 17.7. The fourth-order valence-corrected chi connectivity index (χ4v) is 4.20. The van der Waals surface area contributed by atoms with Gasteiger partial charge in [-0.1, -0.05) is 31.4 Å². The van der Waals surface area contributed by atoms with Crippen LogP contribution in [0.4, 0.5) is 0 Å². The zero-order valence-electron chi connectivity index (χ0n) is 18.1. The lowest BCUT2D eigenvalue weighted by molar-refractivity contribution is 0.00578. The molecular formula is C23H33BO4. The van der Waals surface area contributed by atoms with Gasteiger partial charge >= 0.3 is 13.1 Å². The van der Waals surface area contributed by atoms with Crippen LogP contribution in [0.1, 0.15) is 82.6 Å². The SMILES string of the molecule is COC(=O)c1ccc(/C(C)=C(/B2OC(C)(C)C(C)(C)O2)C2CCCCC2)cc1. The van der Waals surface area contributed by atoms with E-state index in [1.807, 2.05) is 24.3 Å².